The van der Waals surface area contributed by atoms with Gasteiger partial charge in [-0.3, -0.25) is 9.59 Å². The predicted molar refractivity (Wildman–Crippen MR) is 107 cm³/mol. The fourth-order valence-corrected chi connectivity index (χ4v) is 3.01. The van der Waals surface area contributed by atoms with E-state index in [2.05, 4.69) is 20.7 Å². The number of carbonyl (C=O) groups is 2. The van der Waals surface area contributed by atoms with Crippen molar-refractivity contribution in [3.63, 3.8) is 0 Å². The van der Waals surface area contributed by atoms with Crippen molar-refractivity contribution in [3.05, 3.63) is 65.1 Å². The Labute approximate surface area is 176 Å². The summed E-state index contributed by atoms with van der Waals surface area (Å²) >= 11 is 0. The molecule has 0 radical (unpaired) electrons. The van der Waals surface area contributed by atoms with Gasteiger partial charge in [0.15, 0.2) is 5.65 Å². The molecule has 3 aromatic rings. The molecule has 0 atom stereocenters. The molecule has 0 fully saturated rings. The zero-order valence-electron chi connectivity index (χ0n) is 16.9. The van der Waals surface area contributed by atoms with Gasteiger partial charge in [0, 0.05) is 18.5 Å². The maximum Gasteiger partial charge on any atom is 0.389 e. The second-order valence-electron chi connectivity index (χ2n) is 6.98. The highest BCUT2D eigenvalue weighted by atomic mass is 19.4. The molecule has 0 aliphatic heterocycles. The Bertz CT molecular complexity index is 1080. The lowest BCUT2D eigenvalue weighted by Crippen LogP contribution is -2.24. The van der Waals surface area contributed by atoms with Gasteiger partial charge in [-0.25, -0.2) is 9.50 Å². The van der Waals surface area contributed by atoms with E-state index >= 15 is 0 Å². The molecule has 1 aromatic carbocycles. The predicted octanol–water partition coefficient (Wildman–Crippen LogP) is 3.18. The molecule has 0 saturated carbocycles. The average molecular weight is 433 g/mol. The number of nitrogens with one attached hydrogen (secondary N) is 2. The Hall–Kier alpha value is -3.43. The smallest absolute Gasteiger partial charge is 0.352 e. The first-order valence-electron chi connectivity index (χ1n) is 9.78. The van der Waals surface area contributed by atoms with Crippen molar-refractivity contribution in [1.82, 2.24) is 25.2 Å². The van der Waals surface area contributed by atoms with Crippen LogP contribution in [0.1, 0.15) is 46.9 Å². The molecule has 0 spiro atoms. The summed E-state index contributed by atoms with van der Waals surface area (Å²) in [6.07, 6.45) is -2.22. The van der Waals surface area contributed by atoms with Crippen LogP contribution in [0.2, 0.25) is 0 Å². The summed E-state index contributed by atoms with van der Waals surface area (Å²) < 4.78 is 38.1. The molecule has 2 amide bonds. The number of imidazole rings is 1. The molecule has 31 heavy (non-hydrogen) atoms. The van der Waals surface area contributed by atoms with E-state index in [0.717, 1.165) is 12.0 Å². The average Bonchev–Trinajstić information content (AvgIpc) is 3.16. The Morgan fingerprint density at radius 3 is 2.65 bits per heavy atom. The zero-order chi connectivity index (χ0) is 22.4. The first-order valence-corrected chi connectivity index (χ1v) is 9.78. The second kappa shape index (κ2) is 9.59. The highest BCUT2D eigenvalue weighted by molar-refractivity contribution is 5.95. The minimum atomic E-state index is -4.36. The fraction of sp³-hybridized carbons (Fsp3) is 0.333. The van der Waals surface area contributed by atoms with Crippen LogP contribution in [0.5, 0.6) is 0 Å². The number of fused-ring (bicyclic) bond motifs is 1. The Kier molecular flexibility index (Phi) is 6.88. The Morgan fingerprint density at radius 1 is 1.13 bits per heavy atom. The number of halogens is 3. The largest absolute Gasteiger partial charge is 0.389 e. The zero-order valence-corrected chi connectivity index (χ0v) is 16.9. The van der Waals surface area contributed by atoms with E-state index in [1.165, 1.54) is 10.7 Å². The quantitative estimate of drug-likeness (QED) is 0.571. The topological polar surface area (TPSA) is 88.4 Å². The van der Waals surface area contributed by atoms with Crippen LogP contribution in [-0.2, 0) is 24.3 Å². The van der Waals surface area contributed by atoms with E-state index in [-0.39, 0.29) is 19.0 Å². The van der Waals surface area contributed by atoms with Gasteiger partial charge in [-0.05, 0) is 29.7 Å². The number of amides is 2. The first kappa shape index (κ1) is 22.3. The minimum absolute atomic E-state index is 0.0485. The number of hydrogen-bond acceptors (Lipinski definition) is 4. The van der Waals surface area contributed by atoms with E-state index < -0.39 is 24.9 Å². The van der Waals surface area contributed by atoms with Gasteiger partial charge in [0.25, 0.3) is 5.91 Å². The minimum Gasteiger partial charge on any atom is -0.352 e. The number of hydrogen-bond donors (Lipinski definition) is 2. The third-order valence-electron chi connectivity index (χ3n) is 4.62. The standard InChI is InChI=1S/C21H22F3N5O2/c1-2-15-5-3-4-6-17(15)20(31)26-12-16-13-29-18(28-16)9-14(11-27-29)10-25-19(30)7-8-21(22,23)24/h3-6,9,11,13H,2,7-8,10,12H2,1H3,(H,25,30)(H,26,31). The van der Waals surface area contributed by atoms with Crippen LogP contribution in [-0.4, -0.2) is 32.6 Å². The molecular formula is C21H22F3N5O2. The van der Waals surface area contributed by atoms with Crippen LogP contribution in [0.4, 0.5) is 13.2 Å². The number of aryl methyl sites for hydroxylation is 1. The SMILES string of the molecule is CCc1ccccc1C(=O)NCc1cn2ncc(CNC(=O)CCC(F)(F)F)cc2n1. The lowest BCUT2D eigenvalue weighted by Gasteiger charge is -2.07. The van der Waals surface area contributed by atoms with Crippen LogP contribution >= 0.6 is 0 Å². The molecule has 0 aliphatic rings. The maximum absolute atomic E-state index is 12.5. The summed E-state index contributed by atoms with van der Waals surface area (Å²) in [6.45, 7) is 2.24. The molecule has 2 N–H and O–H groups in total. The van der Waals surface area contributed by atoms with Crippen molar-refractivity contribution >= 4 is 17.5 Å². The van der Waals surface area contributed by atoms with Gasteiger partial charge in [0.2, 0.25) is 5.91 Å². The first-order chi connectivity index (χ1) is 14.7. The molecule has 0 unspecified atom stereocenters. The van der Waals surface area contributed by atoms with E-state index in [0.29, 0.717) is 22.5 Å². The lowest BCUT2D eigenvalue weighted by atomic mass is 10.0. The van der Waals surface area contributed by atoms with Crippen molar-refractivity contribution in [2.24, 2.45) is 0 Å². The monoisotopic (exact) mass is 433 g/mol. The van der Waals surface area contributed by atoms with Gasteiger partial charge in [0.05, 0.1) is 31.1 Å². The molecular weight excluding hydrogens is 411 g/mol. The molecule has 0 aliphatic carbocycles. The maximum atomic E-state index is 12.5. The van der Waals surface area contributed by atoms with E-state index in [1.807, 2.05) is 25.1 Å². The molecule has 7 nitrogen and oxygen atoms in total. The Balaban J connectivity index is 1.58. The summed E-state index contributed by atoms with van der Waals surface area (Å²) in [5, 5.41) is 9.47. The van der Waals surface area contributed by atoms with Gasteiger partial charge < -0.3 is 10.6 Å². The third-order valence-corrected chi connectivity index (χ3v) is 4.62. The van der Waals surface area contributed by atoms with Gasteiger partial charge in [-0.1, -0.05) is 25.1 Å². The number of carbonyl (C=O) groups excluding carboxylic acids is 2. The third kappa shape index (κ3) is 6.27. The van der Waals surface area contributed by atoms with Crippen LogP contribution in [0, 0.1) is 0 Å². The van der Waals surface area contributed by atoms with Crippen molar-refractivity contribution in [2.45, 2.75) is 45.5 Å². The number of nitrogens with zero attached hydrogens (tertiary/aromatic N) is 3. The summed E-state index contributed by atoms with van der Waals surface area (Å²) in [5.74, 6) is -0.874. The van der Waals surface area contributed by atoms with Crippen LogP contribution in [0.25, 0.3) is 5.65 Å². The highest BCUT2D eigenvalue weighted by Gasteiger charge is 2.27. The summed E-state index contributed by atoms with van der Waals surface area (Å²) in [7, 11) is 0. The molecule has 2 aromatic heterocycles. The molecule has 2 heterocycles. The van der Waals surface area contributed by atoms with Crippen molar-refractivity contribution in [1.29, 1.82) is 0 Å². The number of rotatable bonds is 8. The van der Waals surface area contributed by atoms with Crippen LogP contribution in [0.15, 0.2) is 42.7 Å². The lowest BCUT2D eigenvalue weighted by molar-refractivity contribution is -0.144. The van der Waals surface area contributed by atoms with Crippen LogP contribution in [0.3, 0.4) is 0 Å². The van der Waals surface area contributed by atoms with Crippen molar-refractivity contribution < 1.29 is 22.8 Å². The molecule has 164 valence electrons. The summed E-state index contributed by atoms with van der Waals surface area (Å²) in [4.78, 5) is 28.4. The molecule has 10 heteroatoms. The van der Waals surface area contributed by atoms with Gasteiger partial charge >= 0.3 is 6.18 Å². The van der Waals surface area contributed by atoms with Crippen molar-refractivity contribution in [3.8, 4) is 0 Å². The van der Waals surface area contributed by atoms with Gasteiger partial charge in [0.1, 0.15) is 0 Å². The van der Waals surface area contributed by atoms with Crippen LogP contribution < -0.4 is 10.6 Å². The van der Waals surface area contributed by atoms with Gasteiger partial charge in [-0.15, -0.1) is 0 Å². The second-order valence-corrected chi connectivity index (χ2v) is 6.98. The van der Waals surface area contributed by atoms with E-state index in [4.69, 9.17) is 0 Å². The fourth-order valence-electron chi connectivity index (χ4n) is 3.01. The van der Waals surface area contributed by atoms with E-state index in [1.54, 1.807) is 18.3 Å². The highest BCUT2D eigenvalue weighted by Crippen LogP contribution is 2.21. The Morgan fingerprint density at radius 2 is 1.90 bits per heavy atom. The molecule has 0 saturated heterocycles. The molecule has 0 bridgehead atoms. The van der Waals surface area contributed by atoms with Gasteiger partial charge in [-0.2, -0.15) is 18.3 Å². The number of aromatic nitrogens is 3. The number of alkyl halides is 3. The van der Waals surface area contributed by atoms with Crippen molar-refractivity contribution in [2.75, 3.05) is 0 Å². The molecule has 3 rings (SSSR count). The van der Waals surface area contributed by atoms with E-state index in [9.17, 15) is 22.8 Å². The summed E-state index contributed by atoms with van der Waals surface area (Å²) in [5.41, 5.74) is 3.28. The number of benzene rings is 1. The summed E-state index contributed by atoms with van der Waals surface area (Å²) in [6, 6.07) is 9.06. The normalized spacial score (nSPS) is 11.5.